The molecule has 1 saturated carbocycles. The van der Waals surface area contributed by atoms with Gasteiger partial charge in [-0.3, -0.25) is 0 Å². The second-order valence-electron chi connectivity index (χ2n) is 6.74. The van der Waals surface area contributed by atoms with Gasteiger partial charge < -0.3 is 10.7 Å². The summed E-state index contributed by atoms with van der Waals surface area (Å²) in [5.41, 5.74) is 7.17. The lowest BCUT2D eigenvalue weighted by molar-refractivity contribution is 0.431. The molecule has 2 aliphatic rings. The fourth-order valence-corrected chi connectivity index (χ4v) is 4.78. The van der Waals surface area contributed by atoms with E-state index >= 15 is 0 Å². The normalized spacial score (nSPS) is 19.9. The van der Waals surface area contributed by atoms with E-state index in [9.17, 15) is 8.42 Å². The number of imidazole rings is 1. The molecular formula is C17H20ClN5O2S. The molecule has 1 aliphatic carbocycles. The van der Waals surface area contributed by atoms with E-state index in [1.165, 1.54) is 10.7 Å². The van der Waals surface area contributed by atoms with E-state index in [1.54, 1.807) is 24.3 Å². The van der Waals surface area contributed by atoms with Crippen molar-refractivity contribution in [1.82, 2.24) is 9.97 Å². The number of rotatable bonds is 3. The molecule has 0 atom stereocenters. The minimum absolute atomic E-state index is 0.0399. The number of fused-ring (bicyclic) bond motifs is 1. The highest BCUT2D eigenvalue weighted by atomic mass is 35.5. The molecule has 0 radical (unpaired) electrons. The van der Waals surface area contributed by atoms with Gasteiger partial charge in [0.25, 0.3) is 0 Å². The lowest BCUT2D eigenvalue weighted by atomic mass is 9.89. The van der Waals surface area contributed by atoms with Crippen LogP contribution in [0.1, 0.15) is 55.1 Å². The standard InChI is InChI=1S/C17H20ClN5O2S/c18-13-8-6-11(7-9-13)10-23-17-14(15(19)22-26(23,24)25)20-16(21-17)12-4-2-1-3-5-12/h6-9,12H,1-5,10H2,(H2,19,22)(H,20,21). The Labute approximate surface area is 157 Å². The van der Waals surface area contributed by atoms with Crippen LogP contribution < -0.4 is 10.0 Å². The number of benzene rings is 1. The lowest BCUT2D eigenvalue weighted by Gasteiger charge is -2.24. The number of aromatic nitrogens is 2. The summed E-state index contributed by atoms with van der Waals surface area (Å²) in [6.07, 6.45) is 5.65. The van der Waals surface area contributed by atoms with Crippen LogP contribution in [-0.2, 0) is 16.8 Å². The lowest BCUT2D eigenvalue weighted by Crippen LogP contribution is -2.36. The number of anilines is 1. The molecule has 7 nitrogen and oxygen atoms in total. The van der Waals surface area contributed by atoms with Crippen molar-refractivity contribution < 1.29 is 8.42 Å². The van der Waals surface area contributed by atoms with Crippen LogP contribution in [0.15, 0.2) is 28.7 Å². The zero-order chi connectivity index (χ0) is 18.3. The van der Waals surface area contributed by atoms with Crippen molar-refractivity contribution in [3.05, 3.63) is 46.4 Å². The number of H-pyrrole nitrogens is 1. The predicted molar refractivity (Wildman–Crippen MR) is 102 cm³/mol. The van der Waals surface area contributed by atoms with Crippen LogP contribution in [0.25, 0.3) is 0 Å². The molecule has 0 saturated heterocycles. The van der Waals surface area contributed by atoms with E-state index in [0.29, 0.717) is 22.5 Å². The summed E-state index contributed by atoms with van der Waals surface area (Å²) >= 11 is 5.91. The number of nitrogens with zero attached hydrogens (tertiary/aromatic N) is 3. The molecule has 0 spiro atoms. The summed E-state index contributed by atoms with van der Waals surface area (Å²) < 4.78 is 30.1. The second kappa shape index (κ2) is 6.59. The van der Waals surface area contributed by atoms with Crippen LogP contribution in [0.4, 0.5) is 5.82 Å². The van der Waals surface area contributed by atoms with E-state index in [4.69, 9.17) is 17.3 Å². The molecule has 1 aromatic heterocycles. The zero-order valence-electron chi connectivity index (χ0n) is 14.2. The number of nitrogens with two attached hydrogens (primary N) is 1. The second-order valence-corrected chi connectivity index (χ2v) is 8.70. The van der Waals surface area contributed by atoms with Gasteiger partial charge in [0.15, 0.2) is 11.7 Å². The van der Waals surface area contributed by atoms with Gasteiger partial charge in [-0.1, -0.05) is 43.0 Å². The van der Waals surface area contributed by atoms with E-state index < -0.39 is 10.2 Å². The molecule has 26 heavy (non-hydrogen) atoms. The van der Waals surface area contributed by atoms with Gasteiger partial charge in [0.05, 0.1) is 6.54 Å². The molecule has 1 aromatic carbocycles. The number of halogens is 1. The van der Waals surface area contributed by atoms with Crippen LogP contribution in [0.3, 0.4) is 0 Å². The van der Waals surface area contributed by atoms with E-state index in [0.717, 1.165) is 37.1 Å². The third-order valence-corrected chi connectivity index (χ3v) is 6.46. The highest BCUT2D eigenvalue weighted by Gasteiger charge is 2.35. The molecule has 0 amide bonds. The van der Waals surface area contributed by atoms with Crippen molar-refractivity contribution in [1.29, 1.82) is 0 Å². The van der Waals surface area contributed by atoms with Gasteiger partial charge in [0, 0.05) is 10.9 Å². The van der Waals surface area contributed by atoms with Crippen molar-refractivity contribution in [3.63, 3.8) is 0 Å². The molecule has 4 rings (SSSR count). The predicted octanol–water partition coefficient (Wildman–Crippen LogP) is 3.08. The number of aromatic amines is 1. The molecule has 0 bridgehead atoms. The van der Waals surface area contributed by atoms with Crippen LogP contribution in [0, 0.1) is 0 Å². The van der Waals surface area contributed by atoms with E-state index in [2.05, 4.69) is 14.4 Å². The Hall–Kier alpha value is -2.06. The van der Waals surface area contributed by atoms with Crippen LogP contribution >= 0.6 is 11.6 Å². The highest BCUT2D eigenvalue weighted by molar-refractivity contribution is 7.91. The van der Waals surface area contributed by atoms with Crippen molar-refractivity contribution in [3.8, 4) is 0 Å². The van der Waals surface area contributed by atoms with Gasteiger partial charge in [0.1, 0.15) is 11.5 Å². The molecule has 1 fully saturated rings. The molecule has 1 aliphatic heterocycles. The van der Waals surface area contributed by atoms with Crippen molar-refractivity contribution in [2.75, 3.05) is 4.31 Å². The summed E-state index contributed by atoms with van der Waals surface area (Å²) in [5, 5.41) is 0.595. The third-order valence-electron chi connectivity index (χ3n) is 4.92. The minimum Gasteiger partial charge on any atom is -0.381 e. The van der Waals surface area contributed by atoms with Crippen molar-refractivity contribution >= 4 is 33.5 Å². The Morgan fingerprint density at radius 3 is 2.58 bits per heavy atom. The van der Waals surface area contributed by atoms with Gasteiger partial charge in [-0.2, -0.15) is 8.42 Å². The summed E-state index contributed by atoms with van der Waals surface area (Å²) in [5.74, 6) is 1.39. The third kappa shape index (κ3) is 3.19. The first-order valence-electron chi connectivity index (χ1n) is 8.67. The summed E-state index contributed by atoms with van der Waals surface area (Å²) in [6, 6.07) is 7.02. The average molecular weight is 394 g/mol. The highest BCUT2D eigenvalue weighted by Crippen LogP contribution is 2.35. The maximum Gasteiger partial charge on any atom is 0.348 e. The fourth-order valence-electron chi connectivity index (χ4n) is 3.55. The maximum absolute atomic E-state index is 12.6. The smallest absolute Gasteiger partial charge is 0.348 e. The van der Waals surface area contributed by atoms with Gasteiger partial charge in [-0.05, 0) is 30.5 Å². The van der Waals surface area contributed by atoms with Crippen molar-refractivity contribution in [2.45, 2.75) is 44.6 Å². The maximum atomic E-state index is 12.6. The number of nitrogens with one attached hydrogen (secondary N) is 1. The summed E-state index contributed by atoms with van der Waals surface area (Å²) in [4.78, 5) is 7.84. The zero-order valence-corrected chi connectivity index (χ0v) is 15.7. The Balaban J connectivity index is 1.72. The summed E-state index contributed by atoms with van der Waals surface area (Å²) in [6.45, 7) is 0.123. The van der Waals surface area contributed by atoms with Gasteiger partial charge >= 0.3 is 10.2 Å². The number of amidine groups is 1. The molecule has 9 heteroatoms. The molecule has 2 heterocycles. The SMILES string of the molecule is NC1=NS(=O)(=O)N(Cc2ccc(Cl)cc2)c2nc(C3CCCCC3)[nH]c21. The quantitative estimate of drug-likeness (QED) is 0.835. The van der Waals surface area contributed by atoms with Crippen LogP contribution in [-0.4, -0.2) is 24.2 Å². The topological polar surface area (TPSA) is 104 Å². The first-order valence-corrected chi connectivity index (χ1v) is 10.4. The molecular weight excluding hydrogens is 374 g/mol. The molecule has 2 aromatic rings. The van der Waals surface area contributed by atoms with E-state index in [1.807, 2.05) is 0 Å². The Bertz CT molecular complexity index is 946. The van der Waals surface area contributed by atoms with Crippen molar-refractivity contribution in [2.24, 2.45) is 10.1 Å². The first-order chi connectivity index (χ1) is 12.4. The van der Waals surface area contributed by atoms with Crippen LogP contribution in [0.5, 0.6) is 0 Å². The summed E-state index contributed by atoms with van der Waals surface area (Å²) in [7, 11) is -3.93. The Morgan fingerprint density at radius 1 is 1.19 bits per heavy atom. The van der Waals surface area contributed by atoms with Gasteiger partial charge in [-0.25, -0.2) is 9.29 Å². The van der Waals surface area contributed by atoms with Gasteiger partial charge in [0.2, 0.25) is 0 Å². The number of hydrogen-bond acceptors (Lipinski definition) is 4. The number of hydrogen-bond donors (Lipinski definition) is 2. The molecule has 138 valence electrons. The Kier molecular flexibility index (Phi) is 4.40. The first kappa shape index (κ1) is 17.4. The van der Waals surface area contributed by atoms with E-state index in [-0.39, 0.29) is 12.4 Å². The minimum atomic E-state index is -3.93. The van der Waals surface area contributed by atoms with Gasteiger partial charge in [-0.15, -0.1) is 4.40 Å². The Morgan fingerprint density at radius 2 is 1.88 bits per heavy atom. The largest absolute Gasteiger partial charge is 0.381 e. The molecule has 0 unspecified atom stereocenters. The monoisotopic (exact) mass is 393 g/mol. The fraction of sp³-hybridized carbons (Fsp3) is 0.412. The van der Waals surface area contributed by atoms with Crippen LogP contribution in [0.2, 0.25) is 5.02 Å². The molecule has 3 N–H and O–H groups in total. The average Bonchev–Trinajstić information content (AvgIpc) is 3.06.